The molecule has 2 aromatic carbocycles. The second-order valence-corrected chi connectivity index (χ2v) is 3.69. The van der Waals surface area contributed by atoms with Gasteiger partial charge in [0, 0.05) is 5.69 Å². The molecule has 0 amide bonds. The number of carboxylic acid groups (broad SMARTS) is 1. The number of aliphatic carboxylic acids is 1. The van der Waals surface area contributed by atoms with Gasteiger partial charge < -0.3 is 10.4 Å². The summed E-state index contributed by atoms with van der Waals surface area (Å²) in [7, 11) is 0. The van der Waals surface area contributed by atoms with Crippen molar-refractivity contribution >= 4 is 11.7 Å². The number of benzene rings is 2. The van der Waals surface area contributed by atoms with Gasteiger partial charge >= 0.3 is 5.97 Å². The molecule has 2 N–H and O–H groups in total. The van der Waals surface area contributed by atoms with E-state index in [0.29, 0.717) is 0 Å². The van der Waals surface area contributed by atoms with Crippen molar-refractivity contribution in [2.45, 2.75) is 0 Å². The predicted octanol–water partition coefficient (Wildman–Crippen LogP) is 2.85. The minimum atomic E-state index is -0.864. The van der Waals surface area contributed by atoms with Crippen LogP contribution in [0.25, 0.3) is 11.1 Å². The second kappa shape index (κ2) is 5.16. The number of hydrogen-bond donors (Lipinski definition) is 2. The number of carboxylic acids is 1. The van der Waals surface area contributed by atoms with Gasteiger partial charge in [-0.15, -0.1) is 0 Å². The molecule has 0 saturated carbocycles. The molecule has 17 heavy (non-hydrogen) atoms. The Balaban J connectivity index is 2.11. The van der Waals surface area contributed by atoms with Crippen LogP contribution in [-0.2, 0) is 4.79 Å². The Morgan fingerprint density at radius 3 is 2.12 bits per heavy atom. The minimum Gasteiger partial charge on any atom is -0.480 e. The Hall–Kier alpha value is -2.29. The van der Waals surface area contributed by atoms with Gasteiger partial charge in [-0.25, -0.2) is 0 Å². The minimum absolute atomic E-state index is 0.0648. The molecule has 0 fully saturated rings. The Kier molecular flexibility index (Phi) is 3.40. The number of anilines is 1. The molecule has 0 unspecified atom stereocenters. The molecule has 0 atom stereocenters. The van der Waals surface area contributed by atoms with Gasteiger partial charge in [0.25, 0.3) is 0 Å². The van der Waals surface area contributed by atoms with E-state index in [4.69, 9.17) is 5.11 Å². The highest BCUT2D eigenvalue weighted by Crippen LogP contribution is 2.20. The average molecular weight is 227 g/mol. The molecular formula is C14H13NO2. The fourth-order valence-electron chi connectivity index (χ4n) is 1.59. The molecule has 0 aliphatic heterocycles. The lowest BCUT2D eigenvalue weighted by atomic mass is 10.1. The third kappa shape index (κ3) is 3.08. The molecule has 86 valence electrons. The summed E-state index contributed by atoms with van der Waals surface area (Å²) in [5, 5.41) is 11.4. The van der Waals surface area contributed by atoms with Gasteiger partial charge in [0.15, 0.2) is 0 Å². The predicted molar refractivity (Wildman–Crippen MR) is 68.0 cm³/mol. The van der Waals surface area contributed by atoms with Crippen LogP contribution in [0.5, 0.6) is 0 Å². The Bertz CT molecular complexity index is 491. The maximum Gasteiger partial charge on any atom is 0.322 e. The van der Waals surface area contributed by atoms with E-state index in [1.165, 1.54) is 0 Å². The zero-order valence-corrected chi connectivity index (χ0v) is 9.26. The summed E-state index contributed by atoms with van der Waals surface area (Å²) in [6.07, 6.45) is 0. The van der Waals surface area contributed by atoms with Crippen molar-refractivity contribution in [3.05, 3.63) is 54.6 Å². The second-order valence-electron chi connectivity index (χ2n) is 3.69. The van der Waals surface area contributed by atoms with Gasteiger partial charge in [-0.05, 0) is 23.3 Å². The summed E-state index contributed by atoms with van der Waals surface area (Å²) >= 11 is 0. The van der Waals surface area contributed by atoms with Gasteiger partial charge in [0.05, 0.1) is 0 Å². The van der Waals surface area contributed by atoms with E-state index in [-0.39, 0.29) is 6.54 Å². The fourth-order valence-corrected chi connectivity index (χ4v) is 1.59. The summed E-state index contributed by atoms with van der Waals surface area (Å²) in [5.74, 6) is -0.864. The maximum absolute atomic E-state index is 10.4. The normalized spacial score (nSPS) is 9.88. The first-order valence-electron chi connectivity index (χ1n) is 5.37. The zero-order valence-electron chi connectivity index (χ0n) is 9.26. The van der Waals surface area contributed by atoms with Gasteiger partial charge in [-0.1, -0.05) is 42.5 Å². The van der Waals surface area contributed by atoms with Crippen LogP contribution in [0.2, 0.25) is 0 Å². The van der Waals surface area contributed by atoms with E-state index < -0.39 is 5.97 Å². The van der Waals surface area contributed by atoms with E-state index in [0.717, 1.165) is 16.8 Å². The van der Waals surface area contributed by atoms with Crippen LogP contribution >= 0.6 is 0 Å². The number of carbonyl (C=O) groups is 1. The van der Waals surface area contributed by atoms with Gasteiger partial charge in [0.2, 0.25) is 0 Å². The molecule has 0 aromatic heterocycles. The molecule has 0 radical (unpaired) electrons. The molecule has 3 heteroatoms. The third-order valence-electron chi connectivity index (χ3n) is 2.44. The lowest BCUT2D eigenvalue weighted by molar-refractivity contribution is -0.134. The largest absolute Gasteiger partial charge is 0.480 e. The Labute approximate surface area is 99.7 Å². The van der Waals surface area contributed by atoms with Gasteiger partial charge in [-0.3, -0.25) is 4.79 Å². The van der Waals surface area contributed by atoms with Crippen LogP contribution in [0.4, 0.5) is 5.69 Å². The van der Waals surface area contributed by atoms with Gasteiger partial charge in [0.1, 0.15) is 6.54 Å². The van der Waals surface area contributed by atoms with E-state index >= 15 is 0 Å². The van der Waals surface area contributed by atoms with Crippen molar-refractivity contribution in [1.82, 2.24) is 0 Å². The third-order valence-corrected chi connectivity index (χ3v) is 2.44. The summed E-state index contributed by atoms with van der Waals surface area (Å²) in [5.41, 5.74) is 3.08. The molecule has 0 heterocycles. The summed E-state index contributed by atoms with van der Waals surface area (Å²) in [4.78, 5) is 10.4. The summed E-state index contributed by atoms with van der Waals surface area (Å²) < 4.78 is 0. The molecule has 0 aliphatic rings. The van der Waals surface area contributed by atoms with E-state index in [1.54, 1.807) is 0 Å². The maximum atomic E-state index is 10.4. The van der Waals surface area contributed by atoms with Gasteiger partial charge in [-0.2, -0.15) is 0 Å². The molecular weight excluding hydrogens is 214 g/mol. The highest BCUT2D eigenvalue weighted by Gasteiger charge is 1.98. The van der Waals surface area contributed by atoms with Crippen molar-refractivity contribution in [2.75, 3.05) is 11.9 Å². The fraction of sp³-hybridized carbons (Fsp3) is 0.0714. The number of hydrogen-bond acceptors (Lipinski definition) is 2. The lowest BCUT2D eigenvalue weighted by Gasteiger charge is -2.05. The zero-order chi connectivity index (χ0) is 12.1. The van der Waals surface area contributed by atoms with Crippen LogP contribution < -0.4 is 5.32 Å². The number of nitrogens with one attached hydrogen (secondary N) is 1. The highest BCUT2D eigenvalue weighted by molar-refractivity contribution is 5.73. The molecule has 3 nitrogen and oxygen atoms in total. The standard InChI is InChI=1S/C14H13NO2/c16-14(17)10-15-13-8-6-12(7-9-13)11-4-2-1-3-5-11/h1-9,15H,10H2,(H,16,17). The van der Waals surface area contributed by atoms with Crippen molar-refractivity contribution in [3.8, 4) is 11.1 Å². The molecule has 2 aromatic rings. The first-order chi connectivity index (χ1) is 8.25. The summed E-state index contributed by atoms with van der Waals surface area (Å²) in [6, 6.07) is 17.7. The lowest BCUT2D eigenvalue weighted by Crippen LogP contribution is -2.11. The topological polar surface area (TPSA) is 49.3 Å². The van der Waals surface area contributed by atoms with Crippen molar-refractivity contribution in [1.29, 1.82) is 0 Å². The van der Waals surface area contributed by atoms with Crippen LogP contribution in [-0.4, -0.2) is 17.6 Å². The number of rotatable bonds is 4. The van der Waals surface area contributed by atoms with Crippen molar-refractivity contribution < 1.29 is 9.90 Å². The first kappa shape index (κ1) is 11.2. The highest BCUT2D eigenvalue weighted by atomic mass is 16.4. The molecule has 0 spiro atoms. The van der Waals surface area contributed by atoms with E-state index in [9.17, 15) is 4.79 Å². The van der Waals surface area contributed by atoms with E-state index in [1.807, 2.05) is 54.6 Å². The van der Waals surface area contributed by atoms with Crippen LogP contribution in [0, 0.1) is 0 Å². The van der Waals surface area contributed by atoms with Crippen LogP contribution in [0.15, 0.2) is 54.6 Å². The van der Waals surface area contributed by atoms with Crippen LogP contribution in [0.1, 0.15) is 0 Å². The first-order valence-corrected chi connectivity index (χ1v) is 5.37. The monoisotopic (exact) mass is 227 g/mol. The quantitative estimate of drug-likeness (QED) is 0.844. The Morgan fingerprint density at radius 1 is 0.941 bits per heavy atom. The molecule has 0 aliphatic carbocycles. The summed E-state index contributed by atoms with van der Waals surface area (Å²) in [6.45, 7) is -0.0648. The van der Waals surface area contributed by atoms with Crippen LogP contribution in [0.3, 0.4) is 0 Å². The average Bonchev–Trinajstić information content (AvgIpc) is 2.38. The van der Waals surface area contributed by atoms with Crippen molar-refractivity contribution in [2.24, 2.45) is 0 Å². The van der Waals surface area contributed by atoms with E-state index in [2.05, 4.69) is 5.32 Å². The Morgan fingerprint density at radius 2 is 1.53 bits per heavy atom. The molecule has 2 rings (SSSR count). The van der Waals surface area contributed by atoms with Crippen molar-refractivity contribution in [3.63, 3.8) is 0 Å². The SMILES string of the molecule is O=C(O)CNc1ccc(-c2ccccc2)cc1. The smallest absolute Gasteiger partial charge is 0.322 e. The molecule has 0 bridgehead atoms. The molecule has 0 saturated heterocycles.